The molecule has 3 atom stereocenters. The van der Waals surface area contributed by atoms with Crippen LogP contribution in [0, 0.1) is 11.8 Å². The molecule has 3 aliphatic rings. The highest BCUT2D eigenvalue weighted by molar-refractivity contribution is 4.95. The quantitative estimate of drug-likeness (QED) is 0.707. The molecular weight excluding hydrogens is 184 g/mol. The first-order chi connectivity index (χ1) is 7.43. The Labute approximate surface area is 93.4 Å². The molecule has 0 aromatic heterocycles. The van der Waals surface area contributed by atoms with Crippen LogP contribution in [0.25, 0.3) is 0 Å². The van der Waals surface area contributed by atoms with Crippen LogP contribution in [0.3, 0.4) is 0 Å². The standard InChI is InChI=1S/C13H24N2/c1-5-14-6-2-8-15(7-1)13-10-11-3-4-12(13)9-11/h11-14H,1-10H2. The average Bonchev–Trinajstić information content (AvgIpc) is 2.78. The Morgan fingerprint density at radius 3 is 2.33 bits per heavy atom. The largest absolute Gasteiger partial charge is 0.317 e. The maximum Gasteiger partial charge on any atom is 0.0126 e. The number of fused-ring (bicyclic) bond motifs is 2. The van der Waals surface area contributed by atoms with Gasteiger partial charge >= 0.3 is 0 Å². The molecule has 2 nitrogen and oxygen atoms in total. The molecule has 0 radical (unpaired) electrons. The zero-order valence-corrected chi connectivity index (χ0v) is 9.75. The first kappa shape index (κ1) is 10.1. The van der Waals surface area contributed by atoms with Crippen molar-refractivity contribution >= 4 is 0 Å². The van der Waals surface area contributed by atoms with Crippen molar-refractivity contribution in [1.29, 1.82) is 0 Å². The summed E-state index contributed by atoms with van der Waals surface area (Å²) in [6, 6.07) is 0.974. The molecule has 1 saturated heterocycles. The molecule has 3 fully saturated rings. The summed E-state index contributed by atoms with van der Waals surface area (Å²) in [6.07, 6.45) is 8.86. The fourth-order valence-electron chi connectivity index (χ4n) is 4.04. The topological polar surface area (TPSA) is 15.3 Å². The summed E-state index contributed by atoms with van der Waals surface area (Å²) in [4.78, 5) is 2.82. The van der Waals surface area contributed by atoms with Gasteiger partial charge in [-0.2, -0.15) is 0 Å². The third-order valence-corrected chi connectivity index (χ3v) is 4.77. The van der Waals surface area contributed by atoms with Crippen molar-refractivity contribution in [1.82, 2.24) is 10.2 Å². The van der Waals surface area contributed by atoms with E-state index in [1.54, 1.807) is 6.42 Å². The van der Waals surface area contributed by atoms with Crippen LogP contribution in [0.15, 0.2) is 0 Å². The molecule has 2 saturated carbocycles. The van der Waals surface area contributed by atoms with E-state index in [2.05, 4.69) is 10.2 Å². The van der Waals surface area contributed by atoms with Crippen molar-refractivity contribution in [2.24, 2.45) is 11.8 Å². The minimum absolute atomic E-state index is 0.974. The Hall–Kier alpha value is -0.0800. The molecule has 3 rings (SSSR count). The van der Waals surface area contributed by atoms with E-state index >= 15 is 0 Å². The molecule has 0 aromatic carbocycles. The van der Waals surface area contributed by atoms with Gasteiger partial charge in [0.2, 0.25) is 0 Å². The van der Waals surface area contributed by atoms with Gasteiger partial charge in [-0.25, -0.2) is 0 Å². The predicted molar refractivity (Wildman–Crippen MR) is 62.9 cm³/mol. The van der Waals surface area contributed by atoms with Gasteiger partial charge in [-0.1, -0.05) is 6.42 Å². The van der Waals surface area contributed by atoms with E-state index in [4.69, 9.17) is 0 Å². The van der Waals surface area contributed by atoms with E-state index < -0.39 is 0 Å². The van der Waals surface area contributed by atoms with Crippen LogP contribution in [-0.2, 0) is 0 Å². The number of nitrogens with zero attached hydrogens (tertiary/aromatic N) is 1. The second kappa shape index (κ2) is 4.42. The third kappa shape index (κ3) is 2.07. The molecule has 86 valence electrons. The molecule has 2 heteroatoms. The molecule has 15 heavy (non-hydrogen) atoms. The summed E-state index contributed by atoms with van der Waals surface area (Å²) in [6.45, 7) is 5.16. The van der Waals surface area contributed by atoms with Crippen LogP contribution in [0.5, 0.6) is 0 Å². The van der Waals surface area contributed by atoms with Gasteiger partial charge in [0.15, 0.2) is 0 Å². The number of hydrogen-bond donors (Lipinski definition) is 1. The highest BCUT2D eigenvalue weighted by Crippen LogP contribution is 2.46. The smallest absolute Gasteiger partial charge is 0.0126 e. The van der Waals surface area contributed by atoms with Crippen LogP contribution in [0.2, 0.25) is 0 Å². The van der Waals surface area contributed by atoms with Gasteiger partial charge in [0.25, 0.3) is 0 Å². The second-order valence-corrected chi connectivity index (χ2v) is 5.74. The lowest BCUT2D eigenvalue weighted by molar-refractivity contribution is 0.133. The van der Waals surface area contributed by atoms with E-state index in [-0.39, 0.29) is 0 Å². The lowest BCUT2D eigenvalue weighted by Gasteiger charge is -2.35. The Balaban J connectivity index is 1.60. The Kier molecular flexibility index (Phi) is 2.98. The predicted octanol–water partition coefficient (Wildman–Crippen LogP) is 1.86. The molecule has 1 N–H and O–H groups in total. The normalized spacial score (nSPS) is 42.8. The maximum atomic E-state index is 3.51. The Morgan fingerprint density at radius 1 is 0.933 bits per heavy atom. The van der Waals surface area contributed by atoms with Crippen molar-refractivity contribution in [3.8, 4) is 0 Å². The first-order valence-corrected chi connectivity index (χ1v) is 6.88. The maximum absolute atomic E-state index is 3.51. The fraction of sp³-hybridized carbons (Fsp3) is 1.00. The summed E-state index contributed by atoms with van der Waals surface area (Å²) >= 11 is 0. The molecular formula is C13H24N2. The highest BCUT2D eigenvalue weighted by Gasteiger charge is 2.41. The van der Waals surface area contributed by atoms with Gasteiger partial charge in [-0.15, -0.1) is 0 Å². The summed E-state index contributed by atoms with van der Waals surface area (Å²) < 4.78 is 0. The molecule has 2 bridgehead atoms. The number of nitrogens with one attached hydrogen (secondary N) is 1. The molecule has 0 aromatic rings. The highest BCUT2D eigenvalue weighted by atomic mass is 15.2. The summed E-state index contributed by atoms with van der Waals surface area (Å²) in [5, 5.41) is 3.51. The SMILES string of the molecule is C1CNCCCN(C2CC3CCC2C3)C1. The minimum Gasteiger partial charge on any atom is -0.317 e. The van der Waals surface area contributed by atoms with Gasteiger partial charge in [0, 0.05) is 6.04 Å². The minimum atomic E-state index is 0.974. The first-order valence-electron chi connectivity index (χ1n) is 6.88. The average molecular weight is 208 g/mol. The van der Waals surface area contributed by atoms with Crippen LogP contribution < -0.4 is 5.32 Å². The van der Waals surface area contributed by atoms with Crippen molar-refractivity contribution in [2.75, 3.05) is 26.2 Å². The van der Waals surface area contributed by atoms with Crippen LogP contribution in [0.4, 0.5) is 0 Å². The third-order valence-electron chi connectivity index (χ3n) is 4.77. The summed E-state index contributed by atoms with van der Waals surface area (Å²) in [5.74, 6) is 2.17. The molecule has 0 amide bonds. The summed E-state index contributed by atoms with van der Waals surface area (Å²) in [7, 11) is 0. The van der Waals surface area contributed by atoms with Gasteiger partial charge in [-0.05, 0) is 70.1 Å². The van der Waals surface area contributed by atoms with E-state index in [0.29, 0.717) is 0 Å². The lowest BCUT2D eigenvalue weighted by atomic mass is 9.93. The van der Waals surface area contributed by atoms with E-state index in [1.165, 1.54) is 58.3 Å². The monoisotopic (exact) mass is 208 g/mol. The zero-order valence-electron chi connectivity index (χ0n) is 9.75. The van der Waals surface area contributed by atoms with Crippen molar-refractivity contribution in [2.45, 2.75) is 44.6 Å². The summed E-state index contributed by atoms with van der Waals surface area (Å²) in [5.41, 5.74) is 0. The van der Waals surface area contributed by atoms with Crippen molar-refractivity contribution in [3.63, 3.8) is 0 Å². The Morgan fingerprint density at radius 2 is 1.73 bits per heavy atom. The Bertz CT molecular complexity index is 209. The molecule has 1 aliphatic heterocycles. The van der Waals surface area contributed by atoms with Gasteiger partial charge in [-0.3, -0.25) is 0 Å². The van der Waals surface area contributed by atoms with E-state index in [1.807, 2.05) is 0 Å². The molecule has 0 spiro atoms. The fourth-order valence-corrected chi connectivity index (χ4v) is 4.04. The number of hydrogen-bond acceptors (Lipinski definition) is 2. The number of rotatable bonds is 1. The van der Waals surface area contributed by atoms with Crippen LogP contribution in [-0.4, -0.2) is 37.1 Å². The van der Waals surface area contributed by atoms with Crippen molar-refractivity contribution in [3.05, 3.63) is 0 Å². The van der Waals surface area contributed by atoms with Gasteiger partial charge in [0.1, 0.15) is 0 Å². The van der Waals surface area contributed by atoms with Crippen LogP contribution >= 0.6 is 0 Å². The van der Waals surface area contributed by atoms with E-state index in [0.717, 1.165) is 17.9 Å². The molecule has 2 aliphatic carbocycles. The second-order valence-electron chi connectivity index (χ2n) is 5.74. The van der Waals surface area contributed by atoms with Gasteiger partial charge < -0.3 is 10.2 Å². The zero-order chi connectivity index (χ0) is 10.1. The molecule has 1 heterocycles. The van der Waals surface area contributed by atoms with Gasteiger partial charge in [0.05, 0.1) is 0 Å². The molecule has 3 unspecified atom stereocenters. The van der Waals surface area contributed by atoms with E-state index in [9.17, 15) is 0 Å². The van der Waals surface area contributed by atoms with Crippen molar-refractivity contribution < 1.29 is 0 Å². The van der Waals surface area contributed by atoms with Crippen LogP contribution in [0.1, 0.15) is 38.5 Å². The lowest BCUT2D eigenvalue weighted by Crippen LogP contribution is -2.43.